The number of halogens is 1. The van der Waals surface area contributed by atoms with Crippen molar-refractivity contribution in [2.24, 2.45) is 0 Å². The SMILES string of the molecule is Cc1cn2nc(-c3cc(F)c4cc(N5CCCCC5)nnc4c3)cc(C)c2n1. The van der Waals surface area contributed by atoms with Crippen molar-refractivity contribution in [2.45, 2.75) is 33.1 Å². The molecular weight excluding hydrogens is 355 g/mol. The van der Waals surface area contributed by atoms with Crippen molar-refractivity contribution in [3.8, 4) is 11.3 Å². The van der Waals surface area contributed by atoms with Crippen LogP contribution in [-0.4, -0.2) is 37.9 Å². The van der Waals surface area contributed by atoms with Crippen LogP contribution in [-0.2, 0) is 0 Å². The zero-order chi connectivity index (χ0) is 19.3. The molecule has 142 valence electrons. The van der Waals surface area contributed by atoms with Gasteiger partial charge in [-0.25, -0.2) is 13.9 Å². The third-order valence-corrected chi connectivity index (χ3v) is 5.35. The number of hydrogen-bond acceptors (Lipinski definition) is 5. The first-order valence-electron chi connectivity index (χ1n) is 9.64. The summed E-state index contributed by atoms with van der Waals surface area (Å²) in [6.07, 6.45) is 5.39. The summed E-state index contributed by atoms with van der Waals surface area (Å²) in [5.74, 6) is 0.449. The lowest BCUT2D eigenvalue weighted by atomic mass is 10.1. The van der Waals surface area contributed by atoms with E-state index in [1.807, 2.05) is 38.2 Å². The van der Waals surface area contributed by atoms with Crippen LogP contribution in [0.1, 0.15) is 30.5 Å². The average Bonchev–Trinajstić information content (AvgIpc) is 3.09. The van der Waals surface area contributed by atoms with E-state index in [-0.39, 0.29) is 5.82 Å². The normalized spacial score (nSPS) is 14.9. The fourth-order valence-electron chi connectivity index (χ4n) is 3.90. The molecule has 7 heteroatoms. The Labute approximate surface area is 162 Å². The summed E-state index contributed by atoms with van der Waals surface area (Å²) in [4.78, 5) is 6.65. The van der Waals surface area contributed by atoms with E-state index < -0.39 is 0 Å². The van der Waals surface area contributed by atoms with Gasteiger partial charge in [-0.2, -0.15) is 5.10 Å². The van der Waals surface area contributed by atoms with E-state index in [9.17, 15) is 4.39 Å². The molecule has 0 radical (unpaired) electrons. The maximum atomic E-state index is 15.0. The van der Waals surface area contributed by atoms with E-state index in [2.05, 4.69) is 25.2 Å². The number of anilines is 1. The van der Waals surface area contributed by atoms with Gasteiger partial charge in [0.25, 0.3) is 0 Å². The Hall–Kier alpha value is -3.09. The number of hydrogen-bond donors (Lipinski definition) is 0. The monoisotopic (exact) mass is 376 g/mol. The molecule has 0 atom stereocenters. The second-order valence-electron chi connectivity index (χ2n) is 7.50. The van der Waals surface area contributed by atoms with Crippen molar-refractivity contribution >= 4 is 22.4 Å². The van der Waals surface area contributed by atoms with Gasteiger partial charge < -0.3 is 4.90 Å². The van der Waals surface area contributed by atoms with Gasteiger partial charge in [-0.1, -0.05) is 0 Å². The van der Waals surface area contributed by atoms with Gasteiger partial charge in [0.1, 0.15) is 5.82 Å². The molecular formula is C21H21FN6. The Bertz CT molecular complexity index is 1190. The summed E-state index contributed by atoms with van der Waals surface area (Å²) in [7, 11) is 0. The molecule has 4 heterocycles. The Balaban J connectivity index is 1.59. The molecule has 6 nitrogen and oxygen atoms in total. The molecule has 0 spiro atoms. The van der Waals surface area contributed by atoms with Crippen molar-refractivity contribution in [2.75, 3.05) is 18.0 Å². The molecule has 0 unspecified atom stereocenters. The van der Waals surface area contributed by atoms with Crippen LogP contribution in [0.4, 0.5) is 10.2 Å². The molecule has 0 N–H and O–H groups in total. The van der Waals surface area contributed by atoms with Crippen LogP contribution in [0.15, 0.2) is 30.5 Å². The van der Waals surface area contributed by atoms with E-state index in [0.717, 1.165) is 48.7 Å². The maximum Gasteiger partial charge on any atom is 0.156 e. The number of imidazole rings is 1. The zero-order valence-corrected chi connectivity index (χ0v) is 16.0. The number of fused-ring (bicyclic) bond motifs is 2. The summed E-state index contributed by atoms with van der Waals surface area (Å²) >= 11 is 0. The van der Waals surface area contributed by atoms with Gasteiger partial charge in [0.15, 0.2) is 11.5 Å². The van der Waals surface area contributed by atoms with E-state index in [1.165, 1.54) is 12.5 Å². The summed E-state index contributed by atoms with van der Waals surface area (Å²) in [6.45, 7) is 5.81. The van der Waals surface area contributed by atoms with Crippen molar-refractivity contribution in [3.63, 3.8) is 0 Å². The van der Waals surface area contributed by atoms with Crippen LogP contribution in [0, 0.1) is 19.7 Å². The van der Waals surface area contributed by atoms with Crippen LogP contribution >= 0.6 is 0 Å². The van der Waals surface area contributed by atoms with Crippen LogP contribution < -0.4 is 4.90 Å². The Morgan fingerprint density at radius 3 is 2.61 bits per heavy atom. The van der Waals surface area contributed by atoms with Crippen molar-refractivity contribution < 1.29 is 4.39 Å². The number of aryl methyl sites for hydroxylation is 2. The van der Waals surface area contributed by atoms with Gasteiger partial charge in [-0.3, -0.25) is 0 Å². The number of nitrogens with zero attached hydrogens (tertiary/aromatic N) is 6. The molecule has 1 aromatic carbocycles. The molecule has 1 aliphatic rings. The first-order valence-corrected chi connectivity index (χ1v) is 9.64. The fraction of sp³-hybridized carbons (Fsp3) is 0.333. The standard InChI is InChI=1S/C21H21FN6/c1-13-8-18(26-28-12-14(2)23-21(13)28)15-9-17(22)16-11-20(25-24-19(16)10-15)27-6-4-3-5-7-27/h8-12H,3-7H2,1-2H3. The predicted octanol–water partition coefficient (Wildman–Crippen LogP) is 4.09. The first-order chi connectivity index (χ1) is 13.6. The lowest BCUT2D eigenvalue weighted by molar-refractivity contribution is 0.571. The average molecular weight is 376 g/mol. The third kappa shape index (κ3) is 2.87. The minimum Gasteiger partial charge on any atom is -0.355 e. The molecule has 0 amide bonds. The molecule has 1 saturated heterocycles. The molecule has 1 aliphatic heterocycles. The van der Waals surface area contributed by atoms with Gasteiger partial charge in [0.2, 0.25) is 0 Å². The Morgan fingerprint density at radius 2 is 1.79 bits per heavy atom. The Morgan fingerprint density at radius 1 is 0.964 bits per heavy atom. The second-order valence-corrected chi connectivity index (χ2v) is 7.50. The molecule has 0 saturated carbocycles. The molecule has 1 fully saturated rings. The molecule has 5 rings (SSSR count). The minimum atomic E-state index is -0.304. The quantitative estimate of drug-likeness (QED) is 0.527. The number of benzene rings is 1. The van der Waals surface area contributed by atoms with Gasteiger partial charge >= 0.3 is 0 Å². The molecule has 0 bridgehead atoms. The van der Waals surface area contributed by atoms with Crippen molar-refractivity contribution in [3.05, 3.63) is 47.5 Å². The largest absolute Gasteiger partial charge is 0.355 e. The van der Waals surface area contributed by atoms with Gasteiger partial charge in [-0.15, -0.1) is 10.2 Å². The second kappa shape index (κ2) is 6.51. The predicted molar refractivity (Wildman–Crippen MR) is 107 cm³/mol. The lowest BCUT2D eigenvalue weighted by Crippen LogP contribution is -2.30. The highest BCUT2D eigenvalue weighted by Crippen LogP contribution is 2.28. The highest BCUT2D eigenvalue weighted by atomic mass is 19.1. The summed E-state index contributed by atoms with van der Waals surface area (Å²) in [5.41, 5.74) is 4.61. The summed E-state index contributed by atoms with van der Waals surface area (Å²) in [6, 6.07) is 7.12. The maximum absolute atomic E-state index is 15.0. The number of aromatic nitrogens is 5. The van der Waals surface area contributed by atoms with E-state index in [1.54, 1.807) is 4.52 Å². The molecule has 3 aromatic heterocycles. The molecule has 0 aliphatic carbocycles. The Kier molecular flexibility index (Phi) is 3.96. The van der Waals surface area contributed by atoms with E-state index in [4.69, 9.17) is 0 Å². The highest BCUT2D eigenvalue weighted by Gasteiger charge is 2.16. The molecule has 28 heavy (non-hydrogen) atoms. The fourth-order valence-corrected chi connectivity index (χ4v) is 3.90. The topological polar surface area (TPSA) is 59.2 Å². The summed E-state index contributed by atoms with van der Waals surface area (Å²) < 4.78 is 16.7. The van der Waals surface area contributed by atoms with Crippen molar-refractivity contribution in [1.82, 2.24) is 24.8 Å². The summed E-state index contributed by atoms with van der Waals surface area (Å²) in [5, 5.41) is 13.8. The van der Waals surface area contributed by atoms with Crippen molar-refractivity contribution in [1.29, 1.82) is 0 Å². The highest BCUT2D eigenvalue weighted by molar-refractivity contribution is 5.85. The van der Waals surface area contributed by atoms with Gasteiger partial charge in [0, 0.05) is 24.0 Å². The van der Waals surface area contributed by atoms with Crippen LogP contribution in [0.5, 0.6) is 0 Å². The van der Waals surface area contributed by atoms with Crippen LogP contribution in [0.2, 0.25) is 0 Å². The molecule has 4 aromatic rings. The van der Waals surface area contributed by atoms with Crippen LogP contribution in [0.25, 0.3) is 27.8 Å². The van der Waals surface area contributed by atoms with Gasteiger partial charge in [0.05, 0.1) is 23.1 Å². The smallest absolute Gasteiger partial charge is 0.156 e. The first kappa shape index (κ1) is 17.0. The lowest BCUT2D eigenvalue weighted by Gasteiger charge is -2.27. The minimum absolute atomic E-state index is 0.304. The van der Waals surface area contributed by atoms with E-state index in [0.29, 0.717) is 22.2 Å². The zero-order valence-electron chi connectivity index (χ0n) is 16.0. The third-order valence-electron chi connectivity index (χ3n) is 5.35. The number of rotatable bonds is 2. The van der Waals surface area contributed by atoms with Gasteiger partial charge in [-0.05, 0) is 62.9 Å². The number of piperidine rings is 1. The van der Waals surface area contributed by atoms with E-state index >= 15 is 0 Å². The van der Waals surface area contributed by atoms with Crippen LogP contribution in [0.3, 0.4) is 0 Å².